The second-order valence-electron chi connectivity index (χ2n) is 7.79. The zero-order valence-corrected chi connectivity index (χ0v) is 15.6. The highest BCUT2D eigenvalue weighted by Gasteiger charge is 2.35. The van der Waals surface area contributed by atoms with Crippen molar-refractivity contribution in [3.63, 3.8) is 0 Å². The highest BCUT2D eigenvalue weighted by molar-refractivity contribution is 6.05. The first kappa shape index (κ1) is 18.2. The van der Waals surface area contributed by atoms with Gasteiger partial charge in [0.2, 0.25) is 5.91 Å². The van der Waals surface area contributed by atoms with Gasteiger partial charge in [-0.05, 0) is 50.6 Å². The average molecular weight is 359 g/mol. The lowest BCUT2D eigenvalue weighted by atomic mass is 9.94. The van der Waals surface area contributed by atoms with Gasteiger partial charge in [0, 0.05) is 12.3 Å². The molecule has 2 heterocycles. The van der Waals surface area contributed by atoms with Gasteiger partial charge in [-0.2, -0.15) is 5.10 Å². The van der Waals surface area contributed by atoms with Gasteiger partial charge in [0.15, 0.2) is 0 Å². The normalized spacial score (nSPS) is 20.8. The number of hydrogen-bond acceptors (Lipinski definition) is 5. The summed E-state index contributed by atoms with van der Waals surface area (Å²) in [5, 5.41) is 4.16. The van der Waals surface area contributed by atoms with Crippen molar-refractivity contribution >= 4 is 17.7 Å². The third-order valence-electron chi connectivity index (χ3n) is 4.21. The van der Waals surface area contributed by atoms with Crippen LogP contribution in [0.4, 0.5) is 4.79 Å². The van der Waals surface area contributed by atoms with Crippen molar-refractivity contribution in [2.45, 2.75) is 45.8 Å². The third-order valence-corrected chi connectivity index (χ3v) is 4.21. The third kappa shape index (κ3) is 4.33. The van der Waals surface area contributed by atoms with Gasteiger partial charge in [-0.1, -0.05) is 6.92 Å². The molecule has 1 fully saturated rings. The zero-order chi connectivity index (χ0) is 18.9. The van der Waals surface area contributed by atoms with Crippen LogP contribution in [-0.4, -0.2) is 47.4 Å². The molecule has 3 rings (SSSR count). The number of carbonyl (C=O) groups is 2. The Kier molecular flexibility index (Phi) is 4.89. The summed E-state index contributed by atoms with van der Waals surface area (Å²) >= 11 is 0. The van der Waals surface area contributed by atoms with Gasteiger partial charge >= 0.3 is 6.09 Å². The van der Waals surface area contributed by atoms with E-state index in [0.717, 1.165) is 17.0 Å². The summed E-state index contributed by atoms with van der Waals surface area (Å²) in [5.74, 6) is 0.779. The van der Waals surface area contributed by atoms with Crippen LogP contribution in [0.25, 0.3) is 0 Å². The average Bonchev–Trinajstić information content (AvgIpc) is 2.49. The fraction of sp³-hybridized carbons (Fsp3) is 0.526. The lowest BCUT2D eigenvalue weighted by Crippen LogP contribution is -2.57. The SMILES string of the molecule is CC1CC(=O)NN=C1c1ccc(OC2CN(C(=O)OC(C)(C)C)C2)cc1. The molecule has 1 unspecified atom stereocenters. The molecule has 0 spiro atoms. The number of nitrogens with zero attached hydrogens (tertiary/aromatic N) is 2. The lowest BCUT2D eigenvalue weighted by Gasteiger charge is -2.39. The summed E-state index contributed by atoms with van der Waals surface area (Å²) in [7, 11) is 0. The molecular weight excluding hydrogens is 334 g/mol. The molecule has 7 heteroatoms. The Labute approximate surface area is 153 Å². The summed E-state index contributed by atoms with van der Waals surface area (Å²) in [6.07, 6.45) is 0.109. The van der Waals surface area contributed by atoms with E-state index in [0.29, 0.717) is 19.5 Å². The van der Waals surface area contributed by atoms with E-state index in [1.807, 2.05) is 52.0 Å². The molecule has 1 aromatic carbocycles. The van der Waals surface area contributed by atoms with Crippen LogP contribution in [0, 0.1) is 5.92 Å². The van der Waals surface area contributed by atoms with Gasteiger partial charge in [-0.25, -0.2) is 10.2 Å². The molecule has 1 aromatic rings. The standard InChI is InChI=1S/C19H25N3O4/c1-12-9-16(23)20-21-17(12)13-5-7-14(8-6-13)25-15-10-22(11-15)18(24)26-19(2,3)4/h5-8,12,15H,9-11H2,1-4H3,(H,20,23). The molecule has 1 N–H and O–H groups in total. The molecule has 2 amide bonds. The van der Waals surface area contributed by atoms with Crippen molar-refractivity contribution in [3.8, 4) is 5.75 Å². The Hall–Kier alpha value is -2.57. The first-order chi connectivity index (χ1) is 12.2. The van der Waals surface area contributed by atoms with Crippen LogP contribution in [0.1, 0.15) is 39.7 Å². The first-order valence-corrected chi connectivity index (χ1v) is 8.83. The summed E-state index contributed by atoms with van der Waals surface area (Å²) < 4.78 is 11.2. The summed E-state index contributed by atoms with van der Waals surface area (Å²) in [6.45, 7) is 8.58. The van der Waals surface area contributed by atoms with Gasteiger partial charge in [-0.15, -0.1) is 0 Å². The molecule has 26 heavy (non-hydrogen) atoms. The molecule has 0 aliphatic carbocycles. The molecule has 0 radical (unpaired) electrons. The Morgan fingerprint density at radius 1 is 1.23 bits per heavy atom. The smallest absolute Gasteiger partial charge is 0.410 e. The lowest BCUT2D eigenvalue weighted by molar-refractivity contribution is -0.121. The highest BCUT2D eigenvalue weighted by Crippen LogP contribution is 2.23. The number of rotatable bonds is 3. The Balaban J connectivity index is 1.52. The van der Waals surface area contributed by atoms with E-state index < -0.39 is 5.60 Å². The Morgan fingerprint density at radius 2 is 1.88 bits per heavy atom. The van der Waals surface area contributed by atoms with Crippen molar-refractivity contribution in [1.29, 1.82) is 0 Å². The molecule has 140 valence electrons. The molecule has 1 saturated heterocycles. The minimum absolute atomic E-state index is 0.0291. The van der Waals surface area contributed by atoms with Crippen molar-refractivity contribution in [1.82, 2.24) is 10.3 Å². The predicted molar refractivity (Wildman–Crippen MR) is 97.1 cm³/mol. The van der Waals surface area contributed by atoms with Crippen LogP contribution in [0.2, 0.25) is 0 Å². The van der Waals surface area contributed by atoms with Crippen LogP contribution in [-0.2, 0) is 9.53 Å². The molecule has 0 saturated carbocycles. The number of ether oxygens (including phenoxy) is 2. The summed E-state index contributed by atoms with van der Waals surface area (Å²) in [5.41, 5.74) is 3.87. The number of nitrogens with one attached hydrogen (secondary N) is 1. The monoisotopic (exact) mass is 359 g/mol. The van der Waals surface area contributed by atoms with Gasteiger partial charge in [0.1, 0.15) is 17.5 Å². The molecule has 0 aromatic heterocycles. The topological polar surface area (TPSA) is 80.2 Å². The highest BCUT2D eigenvalue weighted by atomic mass is 16.6. The van der Waals surface area contributed by atoms with Crippen molar-refractivity contribution in [2.75, 3.05) is 13.1 Å². The summed E-state index contributed by atoms with van der Waals surface area (Å²) in [6, 6.07) is 7.65. The predicted octanol–water partition coefficient (Wildman–Crippen LogP) is 2.54. The summed E-state index contributed by atoms with van der Waals surface area (Å²) in [4.78, 5) is 24.9. The Bertz CT molecular complexity index is 715. The van der Waals surface area contributed by atoms with E-state index in [1.54, 1.807) is 4.90 Å². The molecule has 7 nitrogen and oxygen atoms in total. The molecular formula is C19H25N3O4. The van der Waals surface area contributed by atoms with E-state index in [4.69, 9.17) is 9.47 Å². The number of benzene rings is 1. The van der Waals surface area contributed by atoms with Gasteiger partial charge in [-0.3, -0.25) is 4.79 Å². The van der Waals surface area contributed by atoms with Crippen molar-refractivity contribution < 1.29 is 19.1 Å². The van der Waals surface area contributed by atoms with E-state index in [9.17, 15) is 9.59 Å². The van der Waals surface area contributed by atoms with Crippen LogP contribution in [0.15, 0.2) is 29.4 Å². The minimum Gasteiger partial charge on any atom is -0.487 e. The minimum atomic E-state index is -0.489. The molecule has 2 aliphatic rings. The van der Waals surface area contributed by atoms with Crippen LogP contribution in [0.3, 0.4) is 0 Å². The first-order valence-electron chi connectivity index (χ1n) is 8.83. The number of likely N-dealkylation sites (tertiary alicyclic amines) is 1. The maximum absolute atomic E-state index is 11.9. The van der Waals surface area contributed by atoms with E-state index in [1.165, 1.54) is 0 Å². The van der Waals surface area contributed by atoms with Gasteiger partial charge in [0.05, 0.1) is 18.8 Å². The quantitative estimate of drug-likeness (QED) is 0.899. The second kappa shape index (κ2) is 6.97. The van der Waals surface area contributed by atoms with E-state index in [2.05, 4.69) is 10.5 Å². The second-order valence-corrected chi connectivity index (χ2v) is 7.79. The Morgan fingerprint density at radius 3 is 2.46 bits per heavy atom. The van der Waals surface area contributed by atoms with Crippen LogP contribution in [0.5, 0.6) is 5.75 Å². The van der Waals surface area contributed by atoms with Crippen LogP contribution >= 0.6 is 0 Å². The van der Waals surface area contributed by atoms with E-state index >= 15 is 0 Å². The van der Waals surface area contributed by atoms with E-state index in [-0.39, 0.29) is 24.0 Å². The largest absolute Gasteiger partial charge is 0.487 e. The van der Waals surface area contributed by atoms with Gasteiger partial charge < -0.3 is 14.4 Å². The van der Waals surface area contributed by atoms with Gasteiger partial charge in [0.25, 0.3) is 0 Å². The number of hydrogen-bond donors (Lipinski definition) is 1. The molecule has 0 bridgehead atoms. The molecule has 1 atom stereocenters. The number of hydrazone groups is 1. The van der Waals surface area contributed by atoms with Crippen molar-refractivity contribution in [3.05, 3.63) is 29.8 Å². The maximum Gasteiger partial charge on any atom is 0.410 e. The zero-order valence-electron chi connectivity index (χ0n) is 15.6. The fourth-order valence-corrected chi connectivity index (χ4v) is 2.89. The van der Waals surface area contributed by atoms with Crippen LogP contribution < -0.4 is 10.2 Å². The number of carbonyl (C=O) groups excluding carboxylic acids is 2. The van der Waals surface area contributed by atoms with Crippen molar-refractivity contribution in [2.24, 2.45) is 11.0 Å². The fourth-order valence-electron chi connectivity index (χ4n) is 2.89. The number of amides is 2. The maximum atomic E-state index is 11.9. The molecule has 2 aliphatic heterocycles.